The van der Waals surface area contributed by atoms with E-state index in [0.29, 0.717) is 33.3 Å². The molecule has 0 aliphatic heterocycles. The first-order valence-corrected chi connectivity index (χ1v) is 6.26. The van der Waals surface area contributed by atoms with Crippen LogP contribution >= 0.6 is 11.6 Å². The Bertz CT molecular complexity index is 656. The number of ether oxygens (including phenoxy) is 2. The van der Waals surface area contributed by atoms with Crippen LogP contribution in [0.5, 0.6) is 11.5 Å². The molecule has 5 heteroatoms. The van der Waals surface area contributed by atoms with Crippen LogP contribution in [-0.4, -0.2) is 20.0 Å². The van der Waals surface area contributed by atoms with E-state index in [-0.39, 0.29) is 5.78 Å². The van der Waals surface area contributed by atoms with Gasteiger partial charge in [0.2, 0.25) is 0 Å². The van der Waals surface area contributed by atoms with E-state index in [1.165, 1.54) is 14.2 Å². The zero-order valence-corrected chi connectivity index (χ0v) is 11.9. The number of nitrogen functional groups attached to an aromatic ring is 1. The van der Waals surface area contributed by atoms with Crippen molar-refractivity contribution in [3.05, 3.63) is 52.5 Å². The molecule has 2 aromatic rings. The molecule has 0 fully saturated rings. The van der Waals surface area contributed by atoms with Crippen LogP contribution in [-0.2, 0) is 0 Å². The number of anilines is 1. The number of ketones is 1. The first-order valence-electron chi connectivity index (χ1n) is 5.88. The summed E-state index contributed by atoms with van der Waals surface area (Å²) in [6.45, 7) is 0. The van der Waals surface area contributed by atoms with Crippen molar-refractivity contribution in [2.24, 2.45) is 0 Å². The molecule has 2 rings (SSSR count). The third kappa shape index (κ3) is 2.70. The van der Waals surface area contributed by atoms with Crippen molar-refractivity contribution in [2.45, 2.75) is 0 Å². The van der Waals surface area contributed by atoms with Gasteiger partial charge in [0.25, 0.3) is 0 Å². The Morgan fingerprint density at radius 3 is 2.35 bits per heavy atom. The third-order valence-electron chi connectivity index (χ3n) is 2.88. The van der Waals surface area contributed by atoms with Gasteiger partial charge in [0.05, 0.1) is 24.8 Å². The van der Waals surface area contributed by atoms with Crippen LogP contribution in [0.2, 0.25) is 5.02 Å². The van der Waals surface area contributed by atoms with Gasteiger partial charge >= 0.3 is 0 Å². The summed E-state index contributed by atoms with van der Waals surface area (Å²) >= 11 is 6.03. The minimum atomic E-state index is -0.189. The lowest BCUT2D eigenvalue weighted by Gasteiger charge is -2.09. The van der Waals surface area contributed by atoms with Gasteiger partial charge in [-0.25, -0.2) is 0 Å². The minimum Gasteiger partial charge on any atom is -0.496 e. The number of hydrogen-bond acceptors (Lipinski definition) is 4. The second kappa shape index (κ2) is 5.84. The second-order valence-electron chi connectivity index (χ2n) is 4.14. The highest BCUT2D eigenvalue weighted by Gasteiger charge is 2.16. The van der Waals surface area contributed by atoms with Gasteiger partial charge < -0.3 is 15.2 Å². The molecular weight excluding hydrogens is 278 g/mol. The highest BCUT2D eigenvalue weighted by atomic mass is 35.5. The summed E-state index contributed by atoms with van der Waals surface area (Å²) < 4.78 is 10.2. The first kappa shape index (κ1) is 14.2. The van der Waals surface area contributed by atoms with Crippen molar-refractivity contribution < 1.29 is 14.3 Å². The maximum Gasteiger partial charge on any atom is 0.196 e. The quantitative estimate of drug-likeness (QED) is 0.694. The molecule has 0 saturated heterocycles. The Labute approximate surface area is 122 Å². The molecule has 2 aromatic carbocycles. The molecule has 20 heavy (non-hydrogen) atoms. The predicted octanol–water partition coefficient (Wildman–Crippen LogP) is 3.17. The average Bonchev–Trinajstić information content (AvgIpc) is 2.46. The number of rotatable bonds is 4. The van der Waals surface area contributed by atoms with Gasteiger partial charge in [0.15, 0.2) is 5.78 Å². The predicted molar refractivity (Wildman–Crippen MR) is 78.8 cm³/mol. The number of benzene rings is 2. The van der Waals surface area contributed by atoms with Crippen molar-refractivity contribution in [2.75, 3.05) is 20.0 Å². The summed E-state index contributed by atoms with van der Waals surface area (Å²) in [5.74, 6) is 0.765. The van der Waals surface area contributed by atoms with Crippen molar-refractivity contribution in [3.63, 3.8) is 0 Å². The van der Waals surface area contributed by atoms with Gasteiger partial charge in [0.1, 0.15) is 11.5 Å². The van der Waals surface area contributed by atoms with E-state index >= 15 is 0 Å². The van der Waals surface area contributed by atoms with E-state index in [0.717, 1.165) is 0 Å². The Hall–Kier alpha value is -2.20. The fourth-order valence-corrected chi connectivity index (χ4v) is 2.12. The van der Waals surface area contributed by atoms with Crippen LogP contribution in [0.3, 0.4) is 0 Å². The number of carbonyl (C=O) groups is 1. The van der Waals surface area contributed by atoms with E-state index in [9.17, 15) is 4.79 Å². The number of halogens is 1. The summed E-state index contributed by atoms with van der Waals surface area (Å²) in [6, 6.07) is 9.77. The summed E-state index contributed by atoms with van der Waals surface area (Å²) in [5.41, 5.74) is 7.10. The molecule has 0 aromatic heterocycles. The average molecular weight is 292 g/mol. The molecule has 0 atom stereocenters. The van der Waals surface area contributed by atoms with Crippen LogP contribution in [0.4, 0.5) is 5.69 Å². The van der Waals surface area contributed by atoms with Gasteiger partial charge in [-0.2, -0.15) is 0 Å². The Kier molecular flexibility index (Phi) is 4.15. The van der Waals surface area contributed by atoms with Crippen molar-refractivity contribution in [3.8, 4) is 11.5 Å². The number of methoxy groups -OCH3 is 2. The number of nitrogens with two attached hydrogens (primary N) is 1. The molecule has 0 aliphatic carbocycles. The zero-order valence-electron chi connectivity index (χ0n) is 11.1. The summed E-state index contributed by atoms with van der Waals surface area (Å²) in [7, 11) is 3.01. The first-order chi connectivity index (χ1) is 9.56. The van der Waals surface area contributed by atoms with E-state index in [1.54, 1.807) is 36.4 Å². The maximum atomic E-state index is 12.5. The minimum absolute atomic E-state index is 0.189. The van der Waals surface area contributed by atoms with E-state index in [2.05, 4.69) is 0 Å². The second-order valence-corrected chi connectivity index (χ2v) is 4.55. The van der Waals surface area contributed by atoms with Crippen molar-refractivity contribution in [1.29, 1.82) is 0 Å². The Balaban J connectivity index is 2.43. The summed E-state index contributed by atoms with van der Waals surface area (Å²) in [4.78, 5) is 12.5. The molecule has 0 unspecified atom stereocenters. The maximum absolute atomic E-state index is 12.5. The smallest absolute Gasteiger partial charge is 0.196 e. The molecule has 0 aliphatic rings. The molecule has 2 N–H and O–H groups in total. The molecule has 0 radical (unpaired) electrons. The number of hydrogen-bond donors (Lipinski definition) is 1. The molecule has 0 heterocycles. The van der Waals surface area contributed by atoms with Gasteiger partial charge in [-0.15, -0.1) is 0 Å². The molecule has 104 valence electrons. The van der Waals surface area contributed by atoms with E-state index in [1.807, 2.05) is 0 Å². The van der Waals surface area contributed by atoms with E-state index in [4.69, 9.17) is 26.8 Å². The van der Waals surface area contributed by atoms with Gasteiger partial charge in [0, 0.05) is 17.3 Å². The van der Waals surface area contributed by atoms with Crippen molar-refractivity contribution in [1.82, 2.24) is 0 Å². The monoisotopic (exact) mass is 291 g/mol. The summed E-state index contributed by atoms with van der Waals surface area (Å²) in [5, 5.41) is 0.382. The fraction of sp³-hybridized carbons (Fsp3) is 0.133. The lowest BCUT2D eigenvalue weighted by Crippen LogP contribution is -2.05. The fourth-order valence-electron chi connectivity index (χ4n) is 1.86. The topological polar surface area (TPSA) is 61.5 Å². The molecular formula is C15H14ClNO3. The molecule has 0 amide bonds. The Morgan fingerprint density at radius 1 is 1.05 bits per heavy atom. The molecule has 0 spiro atoms. The standard InChI is InChI=1S/C15H14ClNO3/c1-19-13-6-3-9(7-12(13)16)15(18)11-5-4-10(17)8-14(11)20-2/h3-8H,17H2,1-2H3. The van der Waals surface area contributed by atoms with Gasteiger partial charge in [-0.05, 0) is 30.3 Å². The third-order valence-corrected chi connectivity index (χ3v) is 3.18. The van der Waals surface area contributed by atoms with Crippen LogP contribution in [0.15, 0.2) is 36.4 Å². The summed E-state index contributed by atoms with van der Waals surface area (Å²) in [6.07, 6.45) is 0. The van der Waals surface area contributed by atoms with Crippen LogP contribution in [0.1, 0.15) is 15.9 Å². The zero-order chi connectivity index (χ0) is 14.7. The lowest BCUT2D eigenvalue weighted by molar-refractivity contribution is 0.103. The van der Waals surface area contributed by atoms with Gasteiger partial charge in [-0.1, -0.05) is 11.6 Å². The van der Waals surface area contributed by atoms with Crippen LogP contribution in [0.25, 0.3) is 0 Å². The number of carbonyl (C=O) groups excluding carboxylic acids is 1. The SMILES string of the molecule is COc1ccc(C(=O)c2ccc(N)cc2OC)cc1Cl. The van der Waals surface area contributed by atoms with Crippen LogP contribution < -0.4 is 15.2 Å². The molecule has 0 bridgehead atoms. The van der Waals surface area contributed by atoms with Crippen LogP contribution in [0, 0.1) is 0 Å². The van der Waals surface area contributed by atoms with Crippen molar-refractivity contribution >= 4 is 23.1 Å². The van der Waals surface area contributed by atoms with E-state index < -0.39 is 0 Å². The Morgan fingerprint density at radius 2 is 1.75 bits per heavy atom. The highest BCUT2D eigenvalue weighted by Crippen LogP contribution is 2.28. The lowest BCUT2D eigenvalue weighted by atomic mass is 10.0. The highest BCUT2D eigenvalue weighted by molar-refractivity contribution is 6.32. The van der Waals surface area contributed by atoms with Gasteiger partial charge in [-0.3, -0.25) is 4.79 Å². The largest absolute Gasteiger partial charge is 0.496 e. The molecule has 4 nitrogen and oxygen atoms in total. The molecule has 0 saturated carbocycles. The normalized spacial score (nSPS) is 10.2.